The van der Waals surface area contributed by atoms with Crippen molar-refractivity contribution in [3.05, 3.63) is 36.0 Å². The van der Waals surface area contributed by atoms with Crippen molar-refractivity contribution in [1.82, 2.24) is 9.97 Å². The minimum absolute atomic E-state index is 0.0683. The fraction of sp³-hybridized carbons (Fsp3) is 0.333. The number of ether oxygens (including phenoxy) is 1. The number of rotatable bonds is 9. The van der Waals surface area contributed by atoms with Crippen molar-refractivity contribution in [2.45, 2.75) is 26.8 Å². The Kier molecular flexibility index (Phi) is 6.53. The minimum atomic E-state index is -0.680. The molecule has 0 radical (unpaired) electrons. The Labute approximate surface area is 157 Å². The summed E-state index contributed by atoms with van der Waals surface area (Å²) in [5.74, 6) is -0.237. The molecule has 1 aromatic carbocycles. The summed E-state index contributed by atoms with van der Waals surface area (Å²) in [6.45, 7) is 6.11. The average molecular weight is 372 g/mol. The van der Waals surface area contributed by atoms with Crippen LogP contribution < -0.4 is 26.8 Å². The molecule has 0 fully saturated rings. The van der Waals surface area contributed by atoms with E-state index in [0.717, 1.165) is 0 Å². The van der Waals surface area contributed by atoms with Crippen LogP contribution >= 0.6 is 0 Å². The molecule has 9 heteroatoms. The van der Waals surface area contributed by atoms with Gasteiger partial charge in [-0.05, 0) is 25.0 Å². The van der Waals surface area contributed by atoms with Crippen LogP contribution in [0.25, 0.3) is 0 Å². The molecule has 1 heterocycles. The van der Waals surface area contributed by atoms with Gasteiger partial charge in [-0.3, -0.25) is 9.59 Å². The smallest absolute Gasteiger partial charge is 0.254 e. The molecule has 0 saturated heterocycles. The van der Waals surface area contributed by atoms with E-state index in [0.29, 0.717) is 18.0 Å². The van der Waals surface area contributed by atoms with Crippen LogP contribution in [-0.2, 0) is 4.79 Å². The van der Waals surface area contributed by atoms with Crippen LogP contribution in [0.1, 0.15) is 31.1 Å². The van der Waals surface area contributed by atoms with E-state index in [2.05, 4.69) is 20.6 Å². The normalized spacial score (nSPS) is 11.7. The molecule has 0 spiro atoms. The van der Waals surface area contributed by atoms with Crippen LogP contribution in [0.2, 0.25) is 0 Å². The second kappa shape index (κ2) is 8.84. The highest BCUT2D eigenvalue weighted by atomic mass is 16.5. The van der Waals surface area contributed by atoms with Crippen molar-refractivity contribution in [2.24, 2.45) is 17.4 Å². The van der Waals surface area contributed by atoms with Gasteiger partial charge in [0.15, 0.2) is 0 Å². The average Bonchev–Trinajstić information content (AvgIpc) is 2.59. The lowest BCUT2D eigenvalue weighted by molar-refractivity contribution is -0.119. The maximum absolute atomic E-state index is 11.7. The molecule has 0 bridgehead atoms. The van der Waals surface area contributed by atoms with Crippen LogP contribution in [0.3, 0.4) is 0 Å². The van der Waals surface area contributed by atoms with Gasteiger partial charge in [0.2, 0.25) is 11.9 Å². The third-order valence-electron chi connectivity index (χ3n) is 3.72. The topological polar surface area (TPSA) is 145 Å². The molecule has 144 valence electrons. The summed E-state index contributed by atoms with van der Waals surface area (Å²) in [6.07, 6.45) is 1.30. The number of benzene rings is 1. The van der Waals surface area contributed by atoms with E-state index in [1.165, 1.54) is 6.20 Å². The zero-order valence-electron chi connectivity index (χ0n) is 15.5. The van der Waals surface area contributed by atoms with Crippen LogP contribution in [0.4, 0.5) is 17.5 Å². The third kappa shape index (κ3) is 5.30. The van der Waals surface area contributed by atoms with E-state index in [4.69, 9.17) is 16.2 Å². The Morgan fingerprint density at radius 3 is 2.59 bits per heavy atom. The van der Waals surface area contributed by atoms with Gasteiger partial charge in [0.1, 0.15) is 23.2 Å². The molecule has 0 aliphatic heterocycles. The molecule has 1 aromatic heterocycles. The number of nitrogens with two attached hydrogens (primary N) is 2. The molecule has 0 saturated carbocycles. The first kappa shape index (κ1) is 20.0. The summed E-state index contributed by atoms with van der Waals surface area (Å²) in [6, 6.07) is 6.53. The monoisotopic (exact) mass is 372 g/mol. The number of carbonyl (C=O) groups excluding carboxylic acids is 2. The molecule has 0 unspecified atom stereocenters. The highest BCUT2D eigenvalue weighted by molar-refractivity contribution is 5.98. The second-order valence-electron chi connectivity index (χ2n) is 6.17. The van der Waals surface area contributed by atoms with Gasteiger partial charge < -0.3 is 26.8 Å². The standard InChI is InChI=1S/C18H24N6O3/c1-4-27-12-7-5-6-11(8-12)22-17-13(15(19)25)9-21-18(24-17)23-14(10(2)3)16(20)26/h5-10,14H,4H2,1-3H3,(H2,19,25)(H2,20,26)(H2,21,22,23,24)/t14-/m1/s1. The predicted molar refractivity (Wildman–Crippen MR) is 103 cm³/mol. The largest absolute Gasteiger partial charge is 0.494 e. The zero-order valence-corrected chi connectivity index (χ0v) is 15.5. The van der Waals surface area contributed by atoms with E-state index >= 15 is 0 Å². The van der Waals surface area contributed by atoms with Gasteiger partial charge >= 0.3 is 0 Å². The van der Waals surface area contributed by atoms with E-state index < -0.39 is 17.9 Å². The molecule has 1 atom stereocenters. The Morgan fingerprint density at radius 1 is 1.26 bits per heavy atom. The van der Waals surface area contributed by atoms with E-state index in [9.17, 15) is 9.59 Å². The van der Waals surface area contributed by atoms with Crippen molar-refractivity contribution in [1.29, 1.82) is 0 Å². The molecular formula is C18H24N6O3. The fourth-order valence-corrected chi connectivity index (χ4v) is 2.40. The molecule has 9 nitrogen and oxygen atoms in total. The number of carbonyl (C=O) groups is 2. The third-order valence-corrected chi connectivity index (χ3v) is 3.72. The quantitative estimate of drug-likeness (QED) is 0.523. The van der Waals surface area contributed by atoms with Gasteiger partial charge in [0.25, 0.3) is 5.91 Å². The first-order chi connectivity index (χ1) is 12.8. The van der Waals surface area contributed by atoms with Crippen LogP contribution in [0, 0.1) is 5.92 Å². The fourth-order valence-electron chi connectivity index (χ4n) is 2.40. The maximum atomic E-state index is 11.7. The van der Waals surface area contributed by atoms with Crippen LogP contribution in [0.15, 0.2) is 30.5 Å². The van der Waals surface area contributed by atoms with Gasteiger partial charge in [0.05, 0.1) is 6.61 Å². The molecule has 0 aliphatic carbocycles. The highest BCUT2D eigenvalue weighted by Crippen LogP contribution is 2.23. The minimum Gasteiger partial charge on any atom is -0.494 e. The lowest BCUT2D eigenvalue weighted by Crippen LogP contribution is -2.40. The van der Waals surface area contributed by atoms with E-state index in [1.807, 2.05) is 26.8 Å². The predicted octanol–water partition coefficient (Wildman–Crippen LogP) is 1.64. The summed E-state index contributed by atoms with van der Waals surface area (Å²) < 4.78 is 5.46. The second-order valence-corrected chi connectivity index (χ2v) is 6.17. The number of hydrogen-bond acceptors (Lipinski definition) is 7. The van der Waals surface area contributed by atoms with Gasteiger partial charge in [-0.1, -0.05) is 19.9 Å². The van der Waals surface area contributed by atoms with Gasteiger partial charge in [-0.25, -0.2) is 4.98 Å². The molecule has 0 aliphatic rings. The summed E-state index contributed by atoms with van der Waals surface area (Å²) >= 11 is 0. The Hall–Kier alpha value is -3.36. The van der Waals surface area contributed by atoms with Gasteiger partial charge in [-0.2, -0.15) is 4.98 Å². The Bertz CT molecular complexity index is 824. The summed E-state index contributed by atoms with van der Waals surface area (Å²) in [7, 11) is 0. The number of primary amides is 2. The van der Waals surface area contributed by atoms with Crippen LogP contribution in [-0.4, -0.2) is 34.4 Å². The molecular weight excluding hydrogens is 348 g/mol. The van der Waals surface area contributed by atoms with E-state index in [-0.39, 0.29) is 23.2 Å². The lowest BCUT2D eigenvalue weighted by Gasteiger charge is -2.19. The molecule has 2 amide bonds. The zero-order chi connectivity index (χ0) is 20.0. The first-order valence-electron chi connectivity index (χ1n) is 8.54. The lowest BCUT2D eigenvalue weighted by atomic mass is 10.0. The number of aromatic nitrogens is 2. The number of anilines is 3. The van der Waals surface area contributed by atoms with Crippen molar-refractivity contribution in [3.8, 4) is 5.75 Å². The maximum Gasteiger partial charge on any atom is 0.254 e. The summed E-state index contributed by atoms with van der Waals surface area (Å²) in [5, 5.41) is 5.92. The number of nitrogens with zero attached hydrogens (tertiary/aromatic N) is 2. The Balaban J connectivity index is 2.34. The first-order valence-corrected chi connectivity index (χ1v) is 8.54. The van der Waals surface area contributed by atoms with Crippen LogP contribution in [0.5, 0.6) is 5.75 Å². The van der Waals surface area contributed by atoms with Gasteiger partial charge in [0, 0.05) is 18.0 Å². The SMILES string of the molecule is CCOc1cccc(Nc2nc(N[C@@H](C(N)=O)C(C)C)ncc2C(N)=O)c1. The van der Waals surface area contributed by atoms with Crippen molar-refractivity contribution < 1.29 is 14.3 Å². The van der Waals surface area contributed by atoms with E-state index in [1.54, 1.807) is 18.2 Å². The van der Waals surface area contributed by atoms with Crippen molar-refractivity contribution >= 4 is 29.3 Å². The number of nitrogens with one attached hydrogen (secondary N) is 2. The number of hydrogen-bond donors (Lipinski definition) is 4. The van der Waals surface area contributed by atoms with Gasteiger partial charge in [-0.15, -0.1) is 0 Å². The molecule has 27 heavy (non-hydrogen) atoms. The highest BCUT2D eigenvalue weighted by Gasteiger charge is 2.21. The molecule has 2 rings (SSSR count). The van der Waals surface area contributed by atoms with Crippen molar-refractivity contribution in [2.75, 3.05) is 17.2 Å². The summed E-state index contributed by atoms with van der Waals surface area (Å²) in [5.41, 5.74) is 11.6. The Morgan fingerprint density at radius 2 is 2.00 bits per heavy atom. The molecule has 2 aromatic rings. The molecule has 6 N–H and O–H groups in total. The number of amides is 2. The van der Waals surface area contributed by atoms with Crippen molar-refractivity contribution in [3.63, 3.8) is 0 Å². The summed E-state index contributed by atoms with van der Waals surface area (Å²) in [4.78, 5) is 31.7.